The molecule has 3 N–H and O–H groups in total. The van der Waals surface area contributed by atoms with Gasteiger partial charge in [0.1, 0.15) is 36.9 Å². The summed E-state index contributed by atoms with van der Waals surface area (Å²) in [7, 11) is 0. The molecule has 0 saturated heterocycles. The number of rotatable bonds is 16. The fourth-order valence-electron chi connectivity index (χ4n) is 5.11. The SMILES string of the molecule is CC(C)(C)OC(=O)N[C@@H](CC(=O)NC(Cc1ccccc1)C(=O)OCc1ccccc1)C(=O)N[C@@H](Cc1ccccc1)C(=O)OCc1ccccc1. The number of alkyl carbamates (subject to hydrolysis) is 1. The lowest BCUT2D eigenvalue weighted by atomic mass is 10.0. The first-order valence-electron chi connectivity index (χ1n) is 17.0. The second-order valence-corrected chi connectivity index (χ2v) is 13.2. The second-order valence-electron chi connectivity index (χ2n) is 13.2. The zero-order chi connectivity index (χ0) is 37.3. The van der Waals surface area contributed by atoms with Gasteiger partial charge in [-0.1, -0.05) is 121 Å². The molecule has 0 aliphatic heterocycles. The van der Waals surface area contributed by atoms with Crippen molar-refractivity contribution in [1.29, 1.82) is 0 Å². The molecule has 0 heterocycles. The van der Waals surface area contributed by atoms with Crippen LogP contribution in [0.2, 0.25) is 0 Å². The highest BCUT2D eigenvalue weighted by molar-refractivity contribution is 5.94. The number of carbonyl (C=O) groups excluding carboxylic acids is 5. The molecule has 0 spiro atoms. The first-order valence-corrected chi connectivity index (χ1v) is 17.0. The van der Waals surface area contributed by atoms with E-state index in [-0.39, 0.29) is 26.1 Å². The van der Waals surface area contributed by atoms with Crippen LogP contribution in [0.25, 0.3) is 0 Å². The standard InChI is InChI=1S/C41H45N3O8/c1-41(2,3)52-40(49)44-33(37(46)43-35(25-30-18-10-5-11-19-30)39(48)51-28-32-22-14-7-15-23-32)26-36(45)42-34(24-29-16-8-4-9-17-29)38(47)50-27-31-20-12-6-13-21-31/h4-23,33-35H,24-28H2,1-3H3,(H,42,45)(H,43,46)(H,44,49)/t33-,34?,35-/m0/s1. The summed E-state index contributed by atoms with van der Waals surface area (Å²) in [5, 5.41) is 7.83. The Labute approximate surface area is 304 Å². The summed E-state index contributed by atoms with van der Waals surface area (Å²) in [6.07, 6.45) is -1.34. The summed E-state index contributed by atoms with van der Waals surface area (Å²) in [5.74, 6) is -2.93. The Morgan fingerprint density at radius 2 is 0.904 bits per heavy atom. The summed E-state index contributed by atoms with van der Waals surface area (Å²) in [4.78, 5) is 67.1. The number of esters is 2. The van der Waals surface area contributed by atoms with E-state index < -0.39 is 60.0 Å². The maximum atomic E-state index is 13.9. The van der Waals surface area contributed by atoms with Crippen LogP contribution in [0.1, 0.15) is 49.4 Å². The molecule has 0 fully saturated rings. The van der Waals surface area contributed by atoms with Crippen LogP contribution in [0.15, 0.2) is 121 Å². The summed E-state index contributed by atoms with van der Waals surface area (Å²) >= 11 is 0. The van der Waals surface area contributed by atoms with Crippen molar-refractivity contribution in [2.75, 3.05) is 0 Å². The monoisotopic (exact) mass is 707 g/mol. The molecule has 0 aromatic heterocycles. The van der Waals surface area contributed by atoms with E-state index in [4.69, 9.17) is 14.2 Å². The Balaban J connectivity index is 1.52. The molecular weight excluding hydrogens is 662 g/mol. The summed E-state index contributed by atoms with van der Waals surface area (Å²) in [6.45, 7) is 4.94. The van der Waals surface area contributed by atoms with Crippen molar-refractivity contribution in [1.82, 2.24) is 16.0 Å². The quantitative estimate of drug-likeness (QED) is 0.106. The summed E-state index contributed by atoms with van der Waals surface area (Å²) in [5.41, 5.74) is 2.13. The fraction of sp³-hybridized carbons (Fsp3) is 0.293. The zero-order valence-corrected chi connectivity index (χ0v) is 29.6. The van der Waals surface area contributed by atoms with Crippen LogP contribution in [-0.2, 0) is 59.4 Å². The maximum Gasteiger partial charge on any atom is 0.408 e. The molecule has 0 saturated carbocycles. The number of carbonyl (C=O) groups is 5. The van der Waals surface area contributed by atoms with Gasteiger partial charge in [-0.3, -0.25) is 9.59 Å². The molecule has 1 unspecified atom stereocenters. The number of amides is 3. The minimum atomic E-state index is -1.49. The fourth-order valence-corrected chi connectivity index (χ4v) is 5.11. The van der Waals surface area contributed by atoms with Crippen LogP contribution in [-0.4, -0.2) is 53.6 Å². The average Bonchev–Trinajstić information content (AvgIpc) is 3.13. The highest BCUT2D eigenvalue weighted by atomic mass is 16.6. The lowest BCUT2D eigenvalue weighted by molar-refractivity contribution is -0.150. The van der Waals surface area contributed by atoms with E-state index in [9.17, 15) is 24.0 Å². The zero-order valence-electron chi connectivity index (χ0n) is 29.6. The van der Waals surface area contributed by atoms with Gasteiger partial charge in [-0.15, -0.1) is 0 Å². The van der Waals surface area contributed by atoms with Crippen molar-refractivity contribution in [3.8, 4) is 0 Å². The number of nitrogens with one attached hydrogen (secondary N) is 3. The van der Waals surface area contributed by atoms with Crippen molar-refractivity contribution in [3.63, 3.8) is 0 Å². The van der Waals surface area contributed by atoms with Crippen LogP contribution >= 0.6 is 0 Å². The van der Waals surface area contributed by atoms with Crippen molar-refractivity contribution < 1.29 is 38.2 Å². The third-order valence-electron chi connectivity index (χ3n) is 7.63. The van der Waals surface area contributed by atoms with Gasteiger partial charge in [-0.2, -0.15) is 0 Å². The third kappa shape index (κ3) is 13.7. The first-order chi connectivity index (χ1) is 24.9. The first kappa shape index (κ1) is 38.8. The van der Waals surface area contributed by atoms with Gasteiger partial charge in [0.2, 0.25) is 11.8 Å². The van der Waals surface area contributed by atoms with Gasteiger partial charge >= 0.3 is 18.0 Å². The van der Waals surface area contributed by atoms with Gasteiger partial charge < -0.3 is 30.2 Å². The molecule has 52 heavy (non-hydrogen) atoms. The maximum absolute atomic E-state index is 13.9. The normalized spacial score (nSPS) is 12.7. The number of hydrogen-bond acceptors (Lipinski definition) is 8. The van der Waals surface area contributed by atoms with E-state index in [1.165, 1.54) is 0 Å². The Morgan fingerprint density at radius 3 is 1.31 bits per heavy atom. The molecule has 4 rings (SSSR count). The lowest BCUT2D eigenvalue weighted by Gasteiger charge is -2.25. The minimum Gasteiger partial charge on any atom is -0.459 e. The smallest absolute Gasteiger partial charge is 0.408 e. The van der Waals surface area contributed by atoms with Crippen molar-refractivity contribution in [3.05, 3.63) is 144 Å². The van der Waals surface area contributed by atoms with Crippen molar-refractivity contribution in [2.45, 2.75) is 77.0 Å². The van der Waals surface area contributed by atoms with E-state index in [2.05, 4.69) is 16.0 Å². The Bertz CT molecular complexity index is 1750. The molecule has 272 valence electrons. The Morgan fingerprint density at radius 1 is 0.519 bits per heavy atom. The molecule has 3 amide bonds. The molecule has 4 aromatic carbocycles. The van der Waals surface area contributed by atoms with Crippen LogP contribution in [0.4, 0.5) is 4.79 Å². The lowest BCUT2D eigenvalue weighted by Crippen LogP contribution is -2.55. The molecular formula is C41H45N3O8. The van der Waals surface area contributed by atoms with Crippen LogP contribution in [0.5, 0.6) is 0 Å². The molecule has 0 aliphatic carbocycles. The van der Waals surface area contributed by atoms with E-state index in [0.29, 0.717) is 0 Å². The van der Waals surface area contributed by atoms with Gasteiger partial charge in [-0.25, -0.2) is 14.4 Å². The highest BCUT2D eigenvalue weighted by Crippen LogP contribution is 2.12. The predicted octanol–water partition coefficient (Wildman–Crippen LogP) is 5.21. The molecule has 11 nitrogen and oxygen atoms in total. The molecule has 11 heteroatoms. The van der Waals surface area contributed by atoms with E-state index in [1.54, 1.807) is 57.2 Å². The summed E-state index contributed by atoms with van der Waals surface area (Å²) in [6, 6.07) is 32.6. The molecule has 4 aromatic rings. The van der Waals surface area contributed by atoms with Crippen LogP contribution < -0.4 is 16.0 Å². The van der Waals surface area contributed by atoms with E-state index >= 15 is 0 Å². The third-order valence-corrected chi connectivity index (χ3v) is 7.63. The van der Waals surface area contributed by atoms with E-state index in [0.717, 1.165) is 22.3 Å². The van der Waals surface area contributed by atoms with Crippen molar-refractivity contribution >= 4 is 29.8 Å². The van der Waals surface area contributed by atoms with Gasteiger partial charge in [-0.05, 0) is 43.0 Å². The predicted molar refractivity (Wildman–Crippen MR) is 194 cm³/mol. The average molecular weight is 708 g/mol. The molecule has 0 aliphatic rings. The molecule has 3 atom stereocenters. The van der Waals surface area contributed by atoms with E-state index in [1.807, 2.05) is 84.9 Å². The Kier molecular flexibility index (Phi) is 14.5. The molecule has 0 bridgehead atoms. The topological polar surface area (TPSA) is 149 Å². The largest absolute Gasteiger partial charge is 0.459 e. The van der Waals surface area contributed by atoms with Gasteiger partial charge in [0, 0.05) is 12.8 Å². The van der Waals surface area contributed by atoms with Crippen LogP contribution in [0, 0.1) is 0 Å². The number of hydrogen-bond donors (Lipinski definition) is 3. The number of benzene rings is 4. The van der Waals surface area contributed by atoms with Gasteiger partial charge in [0.05, 0.1) is 6.42 Å². The molecule has 0 radical (unpaired) electrons. The second kappa shape index (κ2) is 19.4. The minimum absolute atomic E-state index is 0.00472. The Hall–Kier alpha value is -5.97. The van der Waals surface area contributed by atoms with Gasteiger partial charge in [0.15, 0.2) is 0 Å². The summed E-state index contributed by atoms with van der Waals surface area (Å²) < 4.78 is 16.5. The van der Waals surface area contributed by atoms with Crippen LogP contribution in [0.3, 0.4) is 0 Å². The highest BCUT2D eigenvalue weighted by Gasteiger charge is 2.32. The number of ether oxygens (including phenoxy) is 3. The van der Waals surface area contributed by atoms with Crippen molar-refractivity contribution in [2.24, 2.45) is 0 Å². The van der Waals surface area contributed by atoms with Gasteiger partial charge in [0.25, 0.3) is 0 Å².